The van der Waals surface area contributed by atoms with Crippen molar-refractivity contribution in [2.24, 2.45) is 0 Å². The van der Waals surface area contributed by atoms with Crippen molar-refractivity contribution < 1.29 is 23.8 Å². The number of hydrogen-bond donors (Lipinski definition) is 2. The molecule has 4 aromatic rings. The summed E-state index contributed by atoms with van der Waals surface area (Å²) < 4.78 is 11.7. The quantitative estimate of drug-likeness (QED) is 0.253. The molecule has 0 unspecified atom stereocenters. The molecule has 2 N–H and O–H groups in total. The minimum absolute atomic E-state index is 0. The summed E-state index contributed by atoms with van der Waals surface area (Å²) in [5, 5.41) is 13.3. The fourth-order valence-corrected chi connectivity index (χ4v) is 4.56. The largest absolute Gasteiger partial charge is 0.480 e. The van der Waals surface area contributed by atoms with Gasteiger partial charge < -0.3 is 19.6 Å². The van der Waals surface area contributed by atoms with E-state index in [1.165, 1.54) is 0 Å². The Bertz CT molecular complexity index is 1340. The predicted molar refractivity (Wildman–Crippen MR) is 149 cm³/mol. The van der Waals surface area contributed by atoms with Crippen molar-refractivity contribution in [3.63, 3.8) is 0 Å². The summed E-state index contributed by atoms with van der Waals surface area (Å²) in [7, 11) is 0. The van der Waals surface area contributed by atoms with Crippen molar-refractivity contribution in [1.82, 2.24) is 5.32 Å². The molecule has 3 aromatic carbocycles. The number of carboxylic acid groups (broad SMARTS) is 1. The van der Waals surface area contributed by atoms with Gasteiger partial charge in [-0.05, 0) is 71.9 Å². The van der Waals surface area contributed by atoms with Gasteiger partial charge in [0, 0.05) is 29.8 Å². The number of nitrogens with one attached hydrogen (secondary N) is 1. The number of ether oxygens (including phenoxy) is 1. The van der Waals surface area contributed by atoms with Gasteiger partial charge in [0.25, 0.3) is 5.91 Å². The average molecular weight is 511 g/mol. The topological polar surface area (TPSA) is 88.8 Å². The molecule has 0 saturated carbocycles. The second-order valence-corrected chi connectivity index (χ2v) is 9.57. The minimum Gasteiger partial charge on any atom is -0.480 e. The number of carboxylic acids is 1. The van der Waals surface area contributed by atoms with E-state index < -0.39 is 17.9 Å². The molecule has 37 heavy (non-hydrogen) atoms. The molecule has 187 valence electrons. The van der Waals surface area contributed by atoms with Crippen molar-refractivity contribution in [3.8, 4) is 11.1 Å². The predicted octanol–water partition coefficient (Wildman–Crippen LogP) is 5.68. The van der Waals surface area contributed by atoms with Crippen molar-refractivity contribution in [3.05, 3.63) is 95.2 Å². The molecule has 1 amide bonds. The van der Waals surface area contributed by atoms with Crippen LogP contribution in [0.25, 0.3) is 22.1 Å². The number of amides is 1. The first kappa shape index (κ1) is 28.6. The van der Waals surface area contributed by atoms with E-state index in [0.29, 0.717) is 31.0 Å². The van der Waals surface area contributed by atoms with E-state index in [2.05, 4.69) is 5.32 Å². The molecule has 0 fully saturated rings. The van der Waals surface area contributed by atoms with Gasteiger partial charge >= 0.3 is 5.97 Å². The third-order valence-electron chi connectivity index (χ3n) is 5.97. The fraction of sp³-hybridized carbons (Fsp3) is 0.241. The molecule has 0 aliphatic rings. The monoisotopic (exact) mass is 510 g/mol. The van der Waals surface area contributed by atoms with Crippen LogP contribution in [0.3, 0.4) is 0 Å². The zero-order valence-electron chi connectivity index (χ0n) is 21.3. The third-order valence-corrected chi connectivity index (χ3v) is 6.61. The van der Waals surface area contributed by atoms with Crippen LogP contribution in [0.15, 0.2) is 77.2 Å². The molecule has 0 saturated heterocycles. The van der Waals surface area contributed by atoms with Gasteiger partial charge in [0.15, 0.2) is 0 Å². The van der Waals surface area contributed by atoms with Crippen LogP contribution in [0.4, 0.5) is 0 Å². The molecule has 0 aliphatic heterocycles. The number of aliphatic carboxylic acids is 1. The number of fused-ring (bicyclic) bond motifs is 1. The normalized spacial score (nSPS) is 11.6. The molecular weight excluding hydrogens is 481 g/mol. The first-order valence-electron chi connectivity index (χ1n) is 11.7. The SMILES string of the molecule is CSCC[C@H](NC(=O)c1ccc(COCc2cc3ccccc3o2)cc1-c1ccccc1C)C(=O)O.[Li]. The van der Waals surface area contributed by atoms with Crippen molar-refractivity contribution >= 4 is 53.5 Å². The van der Waals surface area contributed by atoms with Gasteiger partial charge in [-0.1, -0.05) is 48.5 Å². The Morgan fingerprint density at radius 1 is 1.00 bits per heavy atom. The molecule has 1 atom stereocenters. The molecule has 0 aliphatic carbocycles. The van der Waals surface area contributed by atoms with E-state index in [-0.39, 0.29) is 18.9 Å². The van der Waals surface area contributed by atoms with Crippen LogP contribution in [-0.4, -0.2) is 53.9 Å². The van der Waals surface area contributed by atoms with Crippen molar-refractivity contribution in [2.45, 2.75) is 32.6 Å². The molecule has 4 rings (SSSR count). The molecule has 0 bridgehead atoms. The maximum Gasteiger partial charge on any atom is 0.326 e. The summed E-state index contributed by atoms with van der Waals surface area (Å²) in [5.74, 6) is -0.0538. The Morgan fingerprint density at radius 2 is 1.76 bits per heavy atom. The first-order valence-corrected chi connectivity index (χ1v) is 13.1. The van der Waals surface area contributed by atoms with Crippen molar-refractivity contribution in [1.29, 1.82) is 0 Å². The van der Waals surface area contributed by atoms with Crippen LogP contribution in [0.5, 0.6) is 0 Å². The number of rotatable bonds is 11. The molecule has 1 heterocycles. The summed E-state index contributed by atoms with van der Waals surface area (Å²) in [6.07, 6.45) is 2.27. The minimum atomic E-state index is -1.04. The van der Waals surface area contributed by atoms with Crippen molar-refractivity contribution in [2.75, 3.05) is 12.0 Å². The smallest absolute Gasteiger partial charge is 0.326 e. The zero-order chi connectivity index (χ0) is 25.5. The van der Waals surface area contributed by atoms with E-state index in [4.69, 9.17) is 9.15 Å². The van der Waals surface area contributed by atoms with E-state index in [1.54, 1.807) is 17.8 Å². The maximum atomic E-state index is 13.2. The van der Waals surface area contributed by atoms with Crippen LogP contribution >= 0.6 is 11.8 Å². The Morgan fingerprint density at radius 3 is 2.49 bits per heavy atom. The van der Waals surface area contributed by atoms with Gasteiger partial charge in [-0.3, -0.25) is 4.79 Å². The number of carbonyl (C=O) groups is 2. The van der Waals surface area contributed by atoms with Gasteiger partial charge in [-0.15, -0.1) is 0 Å². The Balaban J connectivity index is 0.00000380. The molecule has 6 nitrogen and oxygen atoms in total. The summed E-state index contributed by atoms with van der Waals surface area (Å²) in [4.78, 5) is 24.9. The Hall–Kier alpha value is -2.95. The molecule has 1 radical (unpaired) electrons. The standard InChI is InChI=1S/C29H29NO5S.Li/c1-19-7-3-5-9-23(19)25-15-20(17-34-18-22-16-21-8-4-6-10-27(21)35-22)11-12-24(25)28(31)30-26(29(32)33)13-14-36-2;/h3-12,15-16,26H,13-14,17-18H2,1-2H3,(H,30,31)(H,32,33);/t26-;/m0./s1. The number of aryl methyl sites for hydroxylation is 1. The number of hydrogen-bond acceptors (Lipinski definition) is 5. The van der Waals surface area contributed by atoms with Gasteiger partial charge in [-0.25, -0.2) is 4.79 Å². The first-order chi connectivity index (χ1) is 17.5. The van der Waals surface area contributed by atoms with Crippen LogP contribution in [0, 0.1) is 6.92 Å². The third kappa shape index (κ3) is 7.30. The molecule has 1 aromatic heterocycles. The Labute approximate surface area is 233 Å². The summed E-state index contributed by atoms with van der Waals surface area (Å²) in [5.41, 5.74) is 4.83. The number of carbonyl (C=O) groups excluding carboxylic acids is 1. The van der Waals surface area contributed by atoms with Gasteiger partial charge in [0.1, 0.15) is 24.0 Å². The van der Waals surface area contributed by atoms with Crippen LogP contribution in [0.1, 0.15) is 33.7 Å². The summed E-state index contributed by atoms with van der Waals surface area (Å²) in [6, 6.07) is 22.2. The van der Waals surface area contributed by atoms with E-state index >= 15 is 0 Å². The average Bonchev–Trinajstić information content (AvgIpc) is 3.29. The van der Waals surface area contributed by atoms with Gasteiger partial charge in [0.2, 0.25) is 0 Å². The van der Waals surface area contributed by atoms with Crippen LogP contribution < -0.4 is 5.32 Å². The molecule has 0 spiro atoms. The molecule has 8 heteroatoms. The van der Waals surface area contributed by atoms with Crippen LogP contribution in [-0.2, 0) is 22.7 Å². The van der Waals surface area contributed by atoms with Gasteiger partial charge in [0.05, 0.1) is 6.61 Å². The van der Waals surface area contributed by atoms with E-state index in [9.17, 15) is 14.7 Å². The number of thioether (sulfide) groups is 1. The summed E-state index contributed by atoms with van der Waals surface area (Å²) in [6.45, 7) is 2.65. The van der Waals surface area contributed by atoms with Crippen LogP contribution in [0.2, 0.25) is 0 Å². The number of benzene rings is 3. The second-order valence-electron chi connectivity index (χ2n) is 8.58. The second kappa shape index (κ2) is 13.6. The van der Waals surface area contributed by atoms with Gasteiger partial charge in [-0.2, -0.15) is 11.8 Å². The van der Waals surface area contributed by atoms with E-state index in [1.807, 2.05) is 79.9 Å². The Kier molecular flexibility index (Phi) is 10.5. The number of para-hydroxylation sites is 1. The summed E-state index contributed by atoms with van der Waals surface area (Å²) >= 11 is 1.55. The zero-order valence-corrected chi connectivity index (χ0v) is 22.1. The van der Waals surface area contributed by atoms with E-state index in [0.717, 1.165) is 39.0 Å². The fourth-order valence-electron chi connectivity index (χ4n) is 4.08. The maximum absolute atomic E-state index is 13.2. The number of furan rings is 1. The molecular formula is C29H29LiNO5S.